The quantitative estimate of drug-likeness (QED) is 0.595. The van der Waals surface area contributed by atoms with Gasteiger partial charge >= 0.3 is 0 Å². The largest absolute Gasteiger partial charge is 0.317 e. The molecule has 1 aliphatic heterocycles. The van der Waals surface area contributed by atoms with Crippen LogP contribution in [0.5, 0.6) is 0 Å². The van der Waals surface area contributed by atoms with Crippen molar-refractivity contribution in [2.75, 3.05) is 7.05 Å². The highest BCUT2D eigenvalue weighted by molar-refractivity contribution is 9.10. The SMILES string of the molecule is CNO.O=C[C@H]1C[C@H]2CCC[C@H]2N1S(=O)(=O)c1ccc(Br)cc1. The van der Waals surface area contributed by atoms with Gasteiger partial charge in [-0.25, -0.2) is 13.9 Å². The first-order chi connectivity index (χ1) is 11.0. The molecule has 2 N–H and O–H groups in total. The van der Waals surface area contributed by atoms with Gasteiger partial charge in [0.15, 0.2) is 0 Å². The van der Waals surface area contributed by atoms with E-state index in [4.69, 9.17) is 5.21 Å². The summed E-state index contributed by atoms with van der Waals surface area (Å²) in [5.74, 6) is 0.343. The molecule has 23 heavy (non-hydrogen) atoms. The van der Waals surface area contributed by atoms with Crippen LogP contribution < -0.4 is 5.48 Å². The van der Waals surface area contributed by atoms with Gasteiger partial charge in [0, 0.05) is 17.6 Å². The summed E-state index contributed by atoms with van der Waals surface area (Å²) in [4.78, 5) is 11.5. The van der Waals surface area contributed by atoms with Gasteiger partial charge in [0.05, 0.1) is 10.9 Å². The number of carbonyl (C=O) groups is 1. The van der Waals surface area contributed by atoms with Crippen molar-refractivity contribution >= 4 is 32.2 Å². The standard InChI is InChI=1S/C14H16BrNO3S.CH5NO/c15-11-4-6-13(7-5-11)20(18,19)16-12(9-17)8-10-2-1-3-14(10)16;1-2-3/h4-7,9-10,12,14H,1-3,8H2;2-3H,1H3/t10-,12-,14-;/m1./s1. The summed E-state index contributed by atoms with van der Waals surface area (Å²) in [5.41, 5.74) is 1.75. The molecule has 128 valence electrons. The number of rotatable bonds is 3. The van der Waals surface area contributed by atoms with E-state index in [0.29, 0.717) is 12.3 Å². The van der Waals surface area contributed by atoms with Crippen LogP contribution in [0.4, 0.5) is 0 Å². The lowest BCUT2D eigenvalue weighted by Crippen LogP contribution is -2.41. The van der Waals surface area contributed by atoms with E-state index < -0.39 is 16.1 Å². The number of aldehydes is 1. The van der Waals surface area contributed by atoms with Gasteiger partial charge in [0.25, 0.3) is 0 Å². The Hall–Kier alpha value is -0.800. The second kappa shape index (κ2) is 7.85. The van der Waals surface area contributed by atoms with E-state index in [1.165, 1.54) is 11.4 Å². The Balaban J connectivity index is 0.000000595. The number of halogens is 1. The maximum Gasteiger partial charge on any atom is 0.243 e. The maximum atomic E-state index is 12.8. The lowest BCUT2D eigenvalue weighted by molar-refractivity contribution is -0.110. The highest BCUT2D eigenvalue weighted by Gasteiger charge is 2.49. The average Bonchev–Trinajstić information content (AvgIpc) is 3.08. The van der Waals surface area contributed by atoms with E-state index in [1.54, 1.807) is 29.7 Å². The van der Waals surface area contributed by atoms with E-state index >= 15 is 0 Å². The van der Waals surface area contributed by atoms with Crippen molar-refractivity contribution in [2.45, 2.75) is 42.7 Å². The van der Waals surface area contributed by atoms with Crippen LogP contribution in [0.2, 0.25) is 0 Å². The third-order valence-electron chi connectivity index (χ3n) is 4.36. The molecule has 3 rings (SSSR count). The molecular formula is C15H21BrN2O4S. The third-order valence-corrected chi connectivity index (χ3v) is 6.86. The monoisotopic (exact) mass is 404 g/mol. The van der Waals surface area contributed by atoms with Crippen molar-refractivity contribution < 1.29 is 18.4 Å². The van der Waals surface area contributed by atoms with Crippen LogP contribution in [0.25, 0.3) is 0 Å². The molecule has 2 aliphatic rings. The summed E-state index contributed by atoms with van der Waals surface area (Å²) in [6.45, 7) is 0. The number of hydroxylamine groups is 1. The Morgan fingerprint density at radius 1 is 1.30 bits per heavy atom. The Morgan fingerprint density at radius 3 is 2.48 bits per heavy atom. The molecule has 1 heterocycles. The number of hydrogen-bond acceptors (Lipinski definition) is 5. The van der Waals surface area contributed by atoms with Crippen LogP contribution >= 0.6 is 15.9 Å². The van der Waals surface area contributed by atoms with Gasteiger partial charge in [-0.05, 0) is 49.4 Å². The number of sulfonamides is 1. The minimum Gasteiger partial charge on any atom is -0.317 e. The second-order valence-electron chi connectivity index (χ2n) is 5.71. The van der Waals surface area contributed by atoms with Gasteiger partial charge < -0.3 is 10.0 Å². The minimum atomic E-state index is -3.59. The van der Waals surface area contributed by atoms with Gasteiger partial charge in [-0.15, -0.1) is 0 Å². The minimum absolute atomic E-state index is 0.00107. The van der Waals surface area contributed by atoms with Crippen molar-refractivity contribution in [2.24, 2.45) is 5.92 Å². The summed E-state index contributed by atoms with van der Waals surface area (Å²) in [6.07, 6.45) is 4.40. The predicted octanol–water partition coefficient (Wildman–Crippen LogP) is 2.17. The predicted molar refractivity (Wildman–Crippen MR) is 89.6 cm³/mol. The van der Waals surface area contributed by atoms with Crippen LogP contribution in [0.3, 0.4) is 0 Å². The van der Waals surface area contributed by atoms with E-state index in [0.717, 1.165) is 30.0 Å². The van der Waals surface area contributed by atoms with Gasteiger partial charge in [0.1, 0.15) is 6.29 Å². The highest BCUT2D eigenvalue weighted by atomic mass is 79.9. The molecular weight excluding hydrogens is 384 g/mol. The molecule has 0 bridgehead atoms. The average molecular weight is 405 g/mol. The molecule has 1 aromatic carbocycles. The fraction of sp³-hybridized carbons (Fsp3) is 0.533. The number of carbonyl (C=O) groups excluding carboxylic acids is 1. The molecule has 0 amide bonds. The molecule has 1 aromatic rings. The smallest absolute Gasteiger partial charge is 0.243 e. The summed E-state index contributed by atoms with van der Waals surface area (Å²) >= 11 is 3.30. The van der Waals surface area contributed by atoms with Gasteiger partial charge in [-0.1, -0.05) is 22.4 Å². The number of nitrogens with one attached hydrogen (secondary N) is 1. The second-order valence-corrected chi connectivity index (χ2v) is 8.47. The van der Waals surface area contributed by atoms with Crippen LogP contribution in [0.15, 0.2) is 33.6 Å². The number of benzene rings is 1. The lowest BCUT2D eigenvalue weighted by Gasteiger charge is -2.26. The molecule has 0 radical (unpaired) electrons. The summed E-state index contributed by atoms with van der Waals surface area (Å²) in [6, 6.07) is 6.10. The molecule has 1 saturated carbocycles. The summed E-state index contributed by atoms with van der Waals surface area (Å²) < 4.78 is 27.9. The van der Waals surface area contributed by atoms with E-state index in [-0.39, 0.29) is 10.9 Å². The fourth-order valence-electron chi connectivity index (χ4n) is 3.49. The number of nitrogens with zero attached hydrogens (tertiary/aromatic N) is 1. The first kappa shape index (κ1) is 18.5. The van der Waals surface area contributed by atoms with E-state index in [1.807, 2.05) is 0 Å². The van der Waals surface area contributed by atoms with Crippen molar-refractivity contribution in [3.8, 4) is 0 Å². The van der Waals surface area contributed by atoms with Crippen LogP contribution in [-0.4, -0.2) is 43.3 Å². The zero-order valence-electron chi connectivity index (χ0n) is 12.9. The Morgan fingerprint density at radius 2 is 1.91 bits per heavy atom. The molecule has 1 aliphatic carbocycles. The summed E-state index contributed by atoms with van der Waals surface area (Å²) in [7, 11) is -2.16. The van der Waals surface area contributed by atoms with Gasteiger partial charge in [0.2, 0.25) is 10.0 Å². The van der Waals surface area contributed by atoms with Crippen LogP contribution in [-0.2, 0) is 14.8 Å². The maximum absolute atomic E-state index is 12.8. The van der Waals surface area contributed by atoms with Gasteiger partial charge in [-0.2, -0.15) is 4.31 Å². The van der Waals surface area contributed by atoms with E-state index in [2.05, 4.69) is 15.9 Å². The molecule has 3 atom stereocenters. The molecule has 8 heteroatoms. The van der Waals surface area contributed by atoms with Crippen LogP contribution in [0, 0.1) is 5.92 Å². The molecule has 0 spiro atoms. The Labute approximate surface area is 145 Å². The van der Waals surface area contributed by atoms with Crippen molar-refractivity contribution in [3.05, 3.63) is 28.7 Å². The molecule has 0 aromatic heterocycles. The Kier molecular flexibility index (Phi) is 6.33. The molecule has 6 nitrogen and oxygen atoms in total. The van der Waals surface area contributed by atoms with Crippen molar-refractivity contribution in [1.29, 1.82) is 0 Å². The molecule has 0 unspecified atom stereocenters. The van der Waals surface area contributed by atoms with Gasteiger partial charge in [-0.3, -0.25) is 0 Å². The number of hydrogen-bond donors (Lipinski definition) is 2. The first-order valence-electron chi connectivity index (χ1n) is 7.51. The summed E-state index contributed by atoms with van der Waals surface area (Å²) in [5, 5.41) is 7.32. The zero-order valence-corrected chi connectivity index (χ0v) is 15.3. The lowest BCUT2D eigenvalue weighted by atomic mass is 10.0. The highest BCUT2D eigenvalue weighted by Crippen LogP contribution is 2.43. The normalized spacial score (nSPS) is 27.2. The number of fused-ring (bicyclic) bond motifs is 1. The zero-order chi connectivity index (χ0) is 17.0. The van der Waals surface area contributed by atoms with Crippen molar-refractivity contribution in [1.82, 2.24) is 9.79 Å². The first-order valence-corrected chi connectivity index (χ1v) is 9.74. The van der Waals surface area contributed by atoms with Crippen molar-refractivity contribution in [3.63, 3.8) is 0 Å². The molecule has 2 fully saturated rings. The fourth-order valence-corrected chi connectivity index (χ4v) is 5.60. The van der Waals surface area contributed by atoms with Crippen LogP contribution in [0.1, 0.15) is 25.7 Å². The third kappa shape index (κ3) is 3.83. The van der Waals surface area contributed by atoms with E-state index in [9.17, 15) is 13.2 Å². The topological polar surface area (TPSA) is 86.7 Å². The Bertz CT molecular complexity index is 635. The molecule has 1 saturated heterocycles.